The molecule has 0 bridgehead atoms. The van der Waals surface area contributed by atoms with E-state index in [1.807, 2.05) is 0 Å². The monoisotopic (exact) mass is 140 g/mol. The summed E-state index contributed by atoms with van der Waals surface area (Å²) in [6.07, 6.45) is 3.92. The Balaban J connectivity index is 3.18. The molecule has 0 aromatic carbocycles. The first-order chi connectivity index (χ1) is 4.81. The highest BCUT2D eigenvalue weighted by Crippen LogP contribution is 2.01. The smallest absolute Gasteiger partial charge is 0.114 e. The molecule has 0 aliphatic carbocycles. The Bertz CT molecular complexity index is 118. The second-order valence-corrected chi connectivity index (χ2v) is 2.41. The standard InChI is InChI=1S/C9H16O/c1-3-5-6-8-9(10)7-4-2/h9-10H,3,5-6,8H2,1-2H3/t9-/m0/s1. The summed E-state index contributed by atoms with van der Waals surface area (Å²) in [7, 11) is 0. The van der Waals surface area contributed by atoms with Gasteiger partial charge in [0.15, 0.2) is 0 Å². The van der Waals surface area contributed by atoms with E-state index in [2.05, 4.69) is 18.8 Å². The average Bonchev–Trinajstić information content (AvgIpc) is 1.89. The van der Waals surface area contributed by atoms with Crippen LogP contribution in [0.4, 0.5) is 0 Å². The van der Waals surface area contributed by atoms with Gasteiger partial charge in [0.25, 0.3) is 0 Å². The molecule has 0 spiro atoms. The fourth-order valence-corrected chi connectivity index (χ4v) is 0.826. The van der Waals surface area contributed by atoms with E-state index in [4.69, 9.17) is 5.11 Å². The quantitative estimate of drug-likeness (QED) is 0.467. The Morgan fingerprint density at radius 1 is 1.40 bits per heavy atom. The van der Waals surface area contributed by atoms with E-state index in [0.717, 1.165) is 12.8 Å². The summed E-state index contributed by atoms with van der Waals surface area (Å²) in [4.78, 5) is 0. The molecule has 0 radical (unpaired) electrons. The first-order valence-electron chi connectivity index (χ1n) is 3.91. The minimum atomic E-state index is -0.392. The third-order valence-electron chi connectivity index (χ3n) is 1.39. The molecular formula is C9H16O. The molecule has 10 heavy (non-hydrogen) atoms. The number of rotatable bonds is 4. The summed E-state index contributed by atoms with van der Waals surface area (Å²) >= 11 is 0. The lowest BCUT2D eigenvalue weighted by Crippen LogP contribution is -2.01. The van der Waals surface area contributed by atoms with Gasteiger partial charge in [0.05, 0.1) is 0 Å². The topological polar surface area (TPSA) is 20.2 Å². The van der Waals surface area contributed by atoms with Crippen molar-refractivity contribution in [3.8, 4) is 11.8 Å². The molecule has 1 nitrogen and oxygen atoms in total. The van der Waals surface area contributed by atoms with Crippen molar-refractivity contribution in [1.82, 2.24) is 0 Å². The summed E-state index contributed by atoms with van der Waals surface area (Å²) in [5, 5.41) is 9.10. The van der Waals surface area contributed by atoms with Gasteiger partial charge >= 0.3 is 0 Å². The van der Waals surface area contributed by atoms with Gasteiger partial charge in [-0.05, 0) is 19.8 Å². The molecule has 1 heteroatoms. The Morgan fingerprint density at radius 3 is 2.60 bits per heavy atom. The third-order valence-corrected chi connectivity index (χ3v) is 1.39. The Morgan fingerprint density at radius 2 is 2.10 bits per heavy atom. The van der Waals surface area contributed by atoms with Gasteiger partial charge in [-0.25, -0.2) is 0 Å². The predicted molar refractivity (Wildman–Crippen MR) is 43.6 cm³/mol. The van der Waals surface area contributed by atoms with E-state index in [1.165, 1.54) is 12.8 Å². The van der Waals surface area contributed by atoms with Gasteiger partial charge in [0, 0.05) is 0 Å². The molecular weight excluding hydrogens is 124 g/mol. The molecule has 0 aliphatic heterocycles. The summed E-state index contributed by atoms with van der Waals surface area (Å²) in [6, 6.07) is 0. The van der Waals surface area contributed by atoms with Crippen molar-refractivity contribution in [2.45, 2.75) is 45.6 Å². The molecule has 58 valence electrons. The van der Waals surface area contributed by atoms with Gasteiger partial charge < -0.3 is 5.11 Å². The third kappa shape index (κ3) is 5.65. The van der Waals surface area contributed by atoms with E-state index in [1.54, 1.807) is 6.92 Å². The van der Waals surface area contributed by atoms with Crippen LogP contribution >= 0.6 is 0 Å². The lowest BCUT2D eigenvalue weighted by Gasteiger charge is -2.00. The first kappa shape index (κ1) is 9.52. The second kappa shape index (κ2) is 6.64. The second-order valence-electron chi connectivity index (χ2n) is 2.41. The predicted octanol–water partition coefficient (Wildman–Crippen LogP) is 1.95. The van der Waals surface area contributed by atoms with Crippen molar-refractivity contribution < 1.29 is 5.11 Å². The van der Waals surface area contributed by atoms with Crippen molar-refractivity contribution in [2.24, 2.45) is 0 Å². The van der Waals surface area contributed by atoms with Gasteiger partial charge in [-0.2, -0.15) is 0 Å². The SMILES string of the molecule is CC#C[C@H](O)CCCCC. The van der Waals surface area contributed by atoms with Gasteiger partial charge in [-0.15, -0.1) is 5.92 Å². The normalized spacial score (nSPS) is 11.9. The molecule has 0 saturated heterocycles. The van der Waals surface area contributed by atoms with Crippen molar-refractivity contribution in [2.75, 3.05) is 0 Å². The first-order valence-corrected chi connectivity index (χ1v) is 3.91. The molecule has 0 saturated carbocycles. The average molecular weight is 140 g/mol. The molecule has 0 aromatic rings. The molecule has 1 atom stereocenters. The minimum Gasteiger partial charge on any atom is -0.380 e. The van der Waals surface area contributed by atoms with Gasteiger partial charge in [0.1, 0.15) is 6.10 Å². The van der Waals surface area contributed by atoms with Crippen LogP contribution in [0.25, 0.3) is 0 Å². The van der Waals surface area contributed by atoms with Crippen LogP contribution in [0.3, 0.4) is 0 Å². The number of hydrogen-bond acceptors (Lipinski definition) is 1. The van der Waals surface area contributed by atoms with E-state index in [0.29, 0.717) is 0 Å². The zero-order valence-electron chi connectivity index (χ0n) is 6.85. The Kier molecular flexibility index (Phi) is 6.32. The van der Waals surface area contributed by atoms with E-state index in [9.17, 15) is 0 Å². The largest absolute Gasteiger partial charge is 0.380 e. The van der Waals surface area contributed by atoms with Crippen LogP contribution in [0.15, 0.2) is 0 Å². The van der Waals surface area contributed by atoms with Crippen LogP contribution in [0.2, 0.25) is 0 Å². The molecule has 0 unspecified atom stereocenters. The van der Waals surface area contributed by atoms with Crippen LogP contribution in [0.5, 0.6) is 0 Å². The molecule has 1 N–H and O–H groups in total. The van der Waals surface area contributed by atoms with E-state index >= 15 is 0 Å². The number of aliphatic hydroxyl groups excluding tert-OH is 1. The summed E-state index contributed by atoms with van der Waals surface area (Å²) in [5.74, 6) is 5.40. The number of aliphatic hydroxyl groups is 1. The molecule has 0 aromatic heterocycles. The van der Waals surface area contributed by atoms with Crippen molar-refractivity contribution in [3.05, 3.63) is 0 Å². The highest BCUT2D eigenvalue weighted by atomic mass is 16.3. The van der Waals surface area contributed by atoms with E-state index in [-0.39, 0.29) is 0 Å². The maximum atomic E-state index is 9.10. The van der Waals surface area contributed by atoms with Gasteiger partial charge in [0.2, 0.25) is 0 Å². The van der Waals surface area contributed by atoms with Crippen LogP contribution in [0.1, 0.15) is 39.5 Å². The highest BCUT2D eigenvalue weighted by Gasteiger charge is 1.96. The Labute approximate surface area is 63.5 Å². The molecule has 0 amide bonds. The summed E-state index contributed by atoms with van der Waals surface area (Å²) in [5.41, 5.74) is 0. The fraction of sp³-hybridized carbons (Fsp3) is 0.778. The van der Waals surface area contributed by atoms with Crippen LogP contribution in [-0.2, 0) is 0 Å². The molecule has 0 fully saturated rings. The van der Waals surface area contributed by atoms with Crippen LogP contribution < -0.4 is 0 Å². The van der Waals surface area contributed by atoms with Crippen LogP contribution in [-0.4, -0.2) is 11.2 Å². The van der Waals surface area contributed by atoms with Crippen molar-refractivity contribution >= 4 is 0 Å². The van der Waals surface area contributed by atoms with Crippen molar-refractivity contribution in [3.63, 3.8) is 0 Å². The lowest BCUT2D eigenvalue weighted by atomic mass is 10.1. The van der Waals surface area contributed by atoms with Gasteiger partial charge in [-0.3, -0.25) is 0 Å². The summed E-state index contributed by atoms with van der Waals surface area (Å²) in [6.45, 7) is 3.90. The lowest BCUT2D eigenvalue weighted by molar-refractivity contribution is 0.217. The zero-order chi connectivity index (χ0) is 7.82. The minimum absolute atomic E-state index is 0.392. The Hall–Kier alpha value is -0.480. The maximum absolute atomic E-state index is 9.10. The van der Waals surface area contributed by atoms with Crippen molar-refractivity contribution in [1.29, 1.82) is 0 Å². The van der Waals surface area contributed by atoms with Crippen LogP contribution in [0, 0.1) is 11.8 Å². The molecule has 0 aliphatic rings. The zero-order valence-corrected chi connectivity index (χ0v) is 6.85. The molecule has 0 rings (SSSR count). The van der Waals surface area contributed by atoms with Gasteiger partial charge in [-0.1, -0.05) is 25.7 Å². The molecule has 0 heterocycles. The number of unbranched alkanes of at least 4 members (excludes halogenated alkanes) is 2. The fourth-order valence-electron chi connectivity index (χ4n) is 0.826. The van der Waals surface area contributed by atoms with E-state index < -0.39 is 6.10 Å². The maximum Gasteiger partial charge on any atom is 0.114 e. The number of hydrogen-bond donors (Lipinski definition) is 1. The summed E-state index contributed by atoms with van der Waals surface area (Å²) < 4.78 is 0. The highest BCUT2D eigenvalue weighted by molar-refractivity contribution is 5.01.